The highest BCUT2D eigenvalue weighted by Gasteiger charge is 2.43. The molecule has 0 aliphatic carbocycles. The van der Waals surface area contributed by atoms with Crippen molar-refractivity contribution >= 4 is 16.0 Å². The van der Waals surface area contributed by atoms with Gasteiger partial charge in [0, 0.05) is 6.54 Å². The van der Waals surface area contributed by atoms with E-state index in [-0.39, 0.29) is 23.1 Å². The van der Waals surface area contributed by atoms with Crippen molar-refractivity contribution in [2.45, 2.75) is 44.6 Å². The molecular formula is C16H23NO5S. The fourth-order valence-electron chi connectivity index (χ4n) is 3.30. The summed E-state index contributed by atoms with van der Waals surface area (Å²) in [6, 6.07) is 2.38. The zero-order chi connectivity index (χ0) is 17.4. The smallest absolute Gasteiger partial charge is 0.322 e. The number of piperidine rings is 1. The number of hydrogen-bond donors (Lipinski definition) is 1. The molecule has 0 spiro atoms. The molecule has 1 aliphatic rings. The van der Waals surface area contributed by atoms with Crippen LogP contribution in [0.3, 0.4) is 0 Å². The highest BCUT2D eigenvalue weighted by atomic mass is 32.2. The second-order valence-corrected chi connectivity index (χ2v) is 7.96. The van der Waals surface area contributed by atoms with E-state index in [1.807, 2.05) is 6.92 Å². The van der Waals surface area contributed by atoms with Gasteiger partial charge in [-0.3, -0.25) is 4.79 Å². The number of carboxylic acids is 1. The average Bonchev–Trinajstić information content (AvgIpc) is 2.45. The van der Waals surface area contributed by atoms with Crippen molar-refractivity contribution in [2.24, 2.45) is 5.92 Å². The molecule has 0 amide bonds. The van der Waals surface area contributed by atoms with Gasteiger partial charge in [-0.2, -0.15) is 4.31 Å². The van der Waals surface area contributed by atoms with Gasteiger partial charge in [-0.05, 0) is 49.8 Å². The van der Waals surface area contributed by atoms with E-state index in [0.717, 1.165) is 9.87 Å². The van der Waals surface area contributed by atoms with E-state index in [9.17, 15) is 18.3 Å². The van der Waals surface area contributed by atoms with Gasteiger partial charge < -0.3 is 9.84 Å². The minimum Gasteiger partial charge on any atom is -0.495 e. The number of carbonyl (C=O) groups is 1. The van der Waals surface area contributed by atoms with E-state index < -0.39 is 22.0 Å². The minimum atomic E-state index is -3.95. The topological polar surface area (TPSA) is 83.9 Å². The summed E-state index contributed by atoms with van der Waals surface area (Å²) in [4.78, 5) is 11.7. The third-order valence-electron chi connectivity index (χ3n) is 4.31. The van der Waals surface area contributed by atoms with Crippen LogP contribution in [0, 0.1) is 19.8 Å². The molecule has 2 atom stereocenters. The highest BCUT2D eigenvalue weighted by Crippen LogP contribution is 2.35. The largest absolute Gasteiger partial charge is 0.495 e. The van der Waals surface area contributed by atoms with Gasteiger partial charge in [0.15, 0.2) is 0 Å². The zero-order valence-electron chi connectivity index (χ0n) is 13.9. The van der Waals surface area contributed by atoms with Crippen LogP contribution in [0.4, 0.5) is 0 Å². The molecular weight excluding hydrogens is 318 g/mol. The fraction of sp³-hybridized carbons (Fsp3) is 0.562. The summed E-state index contributed by atoms with van der Waals surface area (Å²) in [5.74, 6) is -1.08. The quantitative estimate of drug-likeness (QED) is 0.907. The molecule has 1 aliphatic heterocycles. The van der Waals surface area contributed by atoms with Gasteiger partial charge in [0.2, 0.25) is 10.0 Å². The number of ether oxygens (including phenoxy) is 1. The maximum atomic E-state index is 13.1. The Morgan fingerprint density at radius 3 is 2.57 bits per heavy atom. The predicted octanol–water partition coefficient (Wildman–Crippen LogP) is 2.19. The molecule has 0 saturated carbocycles. The van der Waals surface area contributed by atoms with Gasteiger partial charge in [0.1, 0.15) is 16.7 Å². The maximum absolute atomic E-state index is 13.1. The van der Waals surface area contributed by atoms with Crippen molar-refractivity contribution in [3.63, 3.8) is 0 Å². The Balaban J connectivity index is 2.60. The number of aliphatic carboxylic acids is 1. The summed E-state index contributed by atoms with van der Waals surface area (Å²) >= 11 is 0. The summed E-state index contributed by atoms with van der Waals surface area (Å²) < 4.78 is 32.7. The molecule has 1 saturated heterocycles. The number of methoxy groups -OCH3 is 1. The first kappa shape index (κ1) is 17.7. The normalized spacial score (nSPS) is 22.8. The molecule has 2 unspecified atom stereocenters. The first-order valence-electron chi connectivity index (χ1n) is 7.60. The monoisotopic (exact) mass is 341 g/mol. The van der Waals surface area contributed by atoms with Gasteiger partial charge in [0.25, 0.3) is 0 Å². The lowest BCUT2D eigenvalue weighted by Crippen LogP contribution is -2.51. The Morgan fingerprint density at radius 2 is 2.00 bits per heavy atom. The lowest BCUT2D eigenvalue weighted by atomic mass is 9.93. The lowest BCUT2D eigenvalue weighted by Gasteiger charge is -2.36. The van der Waals surface area contributed by atoms with Crippen molar-refractivity contribution < 1.29 is 23.1 Å². The molecule has 1 N–H and O–H groups in total. The molecule has 0 aromatic heterocycles. The standard InChI is InChI=1S/C16H23NO5S/c1-10-8-12(3)15(13(9-10)22-4)23(20,21)17-7-5-6-11(2)14(17)16(18)19/h8-9,11,14H,5-7H2,1-4H3,(H,18,19). The van der Waals surface area contributed by atoms with Gasteiger partial charge in [-0.1, -0.05) is 13.0 Å². The van der Waals surface area contributed by atoms with Crippen LogP contribution in [-0.4, -0.2) is 43.5 Å². The van der Waals surface area contributed by atoms with Crippen LogP contribution in [0.5, 0.6) is 5.75 Å². The van der Waals surface area contributed by atoms with Crippen LogP contribution in [0.2, 0.25) is 0 Å². The van der Waals surface area contributed by atoms with Crippen LogP contribution >= 0.6 is 0 Å². The molecule has 1 heterocycles. The summed E-state index contributed by atoms with van der Waals surface area (Å²) in [6.07, 6.45) is 1.35. The van der Waals surface area contributed by atoms with Crippen molar-refractivity contribution in [3.05, 3.63) is 23.3 Å². The summed E-state index contributed by atoms with van der Waals surface area (Å²) in [5, 5.41) is 9.49. The molecule has 6 nitrogen and oxygen atoms in total. The highest BCUT2D eigenvalue weighted by molar-refractivity contribution is 7.89. The summed E-state index contributed by atoms with van der Waals surface area (Å²) in [6.45, 7) is 5.54. The first-order valence-corrected chi connectivity index (χ1v) is 9.04. The number of hydrogen-bond acceptors (Lipinski definition) is 4. The minimum absolute atomic E-state index is 0.0611. The molecule has 2 rings (SSSR count). The molecule has 1 aromatic carbocycles. The van der Waals surface area contributed by atoms with Gasteiger partial charge in [-0.15, -0.1) is 0 Å². The van der Waals surface area contributed by atoms with Crippen LogP contribution in [0.1, 0.15) is 30.9 Å². The summed E-state index contributed by atoms with van der Waals surface area (Å²) in [5.41, 5.74) is 1.45. The molecule has 1 aromatic rings. The van der Waals surface area contributed by atoms with E-state index in [0.29, 0.717) is 18.4 Å². The van der Waals surface area contributed by atoms with E-state index in [1.165, 1.54) is 7.11 Å². The number of carboxylic acid groups (broad SMARTS) is 1. The summed E-state index contributed by atoms with van der Waals surface area (Å²) in [7, 11) is -2.53. The first-order chi connectivity index (χ1) is 10.7. The van der Waals surface area contributed by atoms with Crippen molar-refractivity contribution in [1.82, 2.24) is 4.31 Å². The third kappa shape index (κ3) is 3.21. The van der Waals surface area contributed by atoms with Crippen molar-refractivity contribution in [2.75, 3.05) is 13.7 Å². The Bertz CT molecular complexity index is 713. The number of sulfonamides is 1. The Morgan fingerprint density at radius 1 is 1.35 bits per heavy atom. The van der Waals surface area contributed by atoms with Crippen LogP contribution in [-0.2, 0) is 14.8 Å². The Labute approximate surface area is 137 Å². The molecule has 128 valence electrons. The van der Waals surface area contributed by atoms with E-state index in [4.69, 9.17) is 4.74 Å². The van der Waals surface area contributed by atoms with E-state index in [2.05, 4.69) is 0 Å². The molecule has 1 fully saturated rings. The van der Waals surface area contributed by atoms with E-state index >= 15 is 0 Å². The number of aryl methyl sites for hydroxylation is 2. The lowest BCUT2D eigenvalue weighted by molar-refractivity contribution is -0.144. The van der Waals surface area contributed by atoms with Crippen molar-refractivity contribution in [3.8, 4) is 5.75 Å². The zero-order valence-corrected chi connectivity index (χ0v) is 14.7. The van der Waals surface area contributed by atoms with Crippen LogP contribution in [0.15, 0.2) is 17.0 Å². The maximum Gasteiger partial charge on any atom is 0.322 e. The van der Waals surface area contributed by atoms with Crippen LogP contribution in [0.25, 0.3) is 0 Å². The number of rotatable bonds is 4. The molecule has 0 radical (unpaired) electrons. The number of benzene rings is 1. The molecule has 7 heteroatoms. The van der Waals surface area contributed by atoms with Crippen molar-refractivity contribution in [1.29, 1.82) is 0 Å². The number of nitrogens with zero attached hydrogens (tertiary/aromatic N) is 1. The van der Waals surface area contributed by atoms with Crippen LogP contribution < -0.4 is 4.74 Å². The molecule has 0 bridgehead atoms. The average molecular weight is 341 g/mol. The fourth-order valence-corrected chi connectivity index (χ4v) is 5.36. The van der Waals surface area contributed by atoms with Gasteiger partial charge in [0.05, 0.1) is 7.11 Å². The molecule has 23 heavy (non-hydrogen) atoms. The second-order valence-electron chi connectivity index (χ2n) is 6.13. The SMILES string of the molecule is COc1cc(C)cc(C)c1S(=O)(=O)N1CCCC(C)C1C(=O)O. The van der Waals surface area contributed by atoms with E-state index in [1.54, 1.807) is 26.0 Å². The Kier molecular flexibility index (Phi) is 5.01. The Hall–Kier alpha value is -1.60. The predicted molar refractivity (Wildman–Crippen MR) is 86.2 cm³/mol. The second kappa shape index (κ2) is 6.49. The third-order valence-corrected chi connectivity index (χ3v) is 6.38. The van der Waals surface area contributed by atoms with Gasteiger partial charge in [-0.25, -0.2) is 8.42 Å². The van der Waals surface area contributed by atoms with Gasteiger partial charge >= 0.3 is 5.97 Å².